The third kappa shape index (κ3) is 3.37. The number of hydrogen-bond acceptors (Lipinski definition) is 4. The number of aliphatic hydroxyl groups is 1. The quantitative estimate of drug-likeness (QED) is 0.745. The normalized spacial score (nSPS) is 10.8. The number of aromatic nitrogens is 2. The van der Waals surface area contributed by atoms with E-state index in [1.807, 2.05) is 17.5 Å². The SMILES string of the molecule is Cc1ccc(F)c(C(=O)Nc2cc(-c3cccs3)nn2CCO)c1. The maximum absolute atomic E-state index is 13.9. The molecule has 0 aliphatic rings. The summed E-state index contributed by atoms with van der Waals surface area (Å²) in [6.07, 6.45) is 0. The molecule has 0 aliphatic heterocycles. The van der Waals surface area contributed by atoms with Crippen LogP contribution in [0.15, 0.2) is 41.8 Å². The topological polar surface area (TPSA) is 67.2 Å². The van der Waals surface area contributed by atoms with Gasteiger partial charge < -0.3 is 10.4 Å². The van der Waals surface area contributed by atoms with Crippen LogP contribution in [0.5, 0.6) is 0 Å². The molecule has 0 atom stereocenters. The molecule has 1 amide bonds. The molecule has 0 bridgehead atoms. The lowest BCUT2D eigenvalue weighted by Gasteiger charge is -2.08. The minimum Gasteiger partial charge on any atom is -0.394 e. The molecular formula is C17H16FN3O2S. The highest BCUT2D eigenvalue weighted by molar-refractivity contribution is 7.13. The molecular weight excluding hydrogens is 329 g/mol. The Morgan fingerprint density at radius 3 is 2.92 bits per heavy atom. The number of aliphatic hydroxyl groups excluding tert-OH is 1. The van der Waals surface area contributed by atoms with E-state index in [9.17, 15) is 14.3 Å². The van der Waals surface area contributed by atoms with Gasteiger partial charge in [-0.1, -0.05) is 17.7 Å². The number of rotatable bonds is 5. The number of thiophene rings is 1. The fraction of sp³-hybridized carbons (Fsp3) is 0.176. The Morgan fingerprint density at radius 1 is 1.38 bits per heavy atom. The summed E-state index contributed by atoms with van der Waals surface area (Å²) in [5.74, 6) is -0.712. The van der Waals surface area contributed by atoms with Gasteiger partial charge in [0.25, 0.3) is 5.91 Å². The summed E-state index contributed by atoms with van der Waals surface area (Å²) in [5.41, 5.74) is 1.47. The third-order valence-electron chi connectivity index (χ3n) is 3.47. The minimum absolute atomic E-state index is 0.0237. The van der Waals surface area contributed by atoms with Crippen LogP contribution in [-0.2, 0) is 6.54 Å². The number of carbonyl (C=O) groups excluding carboxylic acids is 1. The number of halogens is 1. The highest BCUT2D eigenvalue weighted by Crippen LogP contribution is 2.26. The van der Waals surface area contributed by atoms with Crippen LogP contribution in [0.3, 0.4) is 0 Å². The van der Waals surface area contributed by atoms with E-state index in [1.165, 1.54) is 28.2 Å². The summed E-state index contributed by atoms with van der Waals surface area (Å²) in [7, 11) is 0. The van der Waals surface area contributed by atoms with Crippen molar-refractivity contribution in [3.8, 4) is 10.6 Å². The number of nitrogens with zero attached hydrogens (tertiary/aromatic N) is 2. The largest absolute Gasteiger partial charge is 0.394 e. The molecule has 0 saturated carbocycles. The van der Waals surface area contributed by atoms with Crippen molar-refractivity contribution in [3.63, 3.8) is 0 Å². The van der Waals surface area contributed by atoms with Gasteiger partial charge in [0.05, 0.1) is 23.6 Å². The number of amides is 1. The van der Waals surface area contributed by atoms with Gasteiger partial charge in [-0.3, -0.25) is 4.79 Å². The van der Waals surface area contributed by atoms with Gasteiger partial charge in [-0.2, -0.15) is 5.10 Å². The molecule has 2 aromatic heterocycles. The van der Waals surface area contributed by atoms with E-state index < -0.39 is 11.7 Å². The zero-order valence-electron chi connectivity index (χ0n) is 13.0. The van der Waals surface area contributed by atoms with E-state index in [1.54, 1.807) is 19.1 Å². The Morgan fingerprint density at radius 2 is 2.21 bits per heavy atom. The van der Waals surface area contributed by atoms with Crippen LogP contribution in [0.4, 0.5) is 10.2 Å². The molecule has 1 aromatic carbocycles. The van der Waals surface area contributed by atoms with Crippen LogP contribution in [0.25, 0.3) is 10.6 Å². The molecule has 0 unspecified atom stereocenters. The first-order valence-electron chi connectivity index (χ1n) is 7.38. The van der Waals surface area contributed by atoms with Crippen LogP contribution in [-0.4, -0.2) is 27.4 Å². The molecule has 24 heavy (non-hydrogen) atoms. The van der Waals surface area contributed by atoms with Crippen molar-refractivity contribution in [2.45, 2.75) is 13.5 Å². The van der Waals surface area contributed by atoms with E-state index in [4.69, 9.17) is 0 Å². The van der Waals surface area contributed by atoms with Crippen LogP contribution in [0.2, 0.25) is 0 Å². The summed E-state index contributed by atoms with van der Waals surface area (Å²) in [6.45, 7) is 1.91. The predicted molar refractivity (Wildman–Crippen MR) is 91.7 cm³/mol. The molecule has 2 N–H and O–H groups in total. The zero-order valence-corrected chi connectivity index (χ0v) is 13.8. The molecule has 0 aliphatic carbocycles. The lowest BCUT2D eigenvalue weighted by molar-refractivity contribution is 0.102. The van der Waals surface area contributed by atoms with Crippen molar-refractivity contribution in [2.24, 2.45) is 0 Å². The summed E-state index contributed by atoms with van der Waals surface area (Å²) in [5, 5.41) is 18.2. The lowest BCUT2D eigenvalue weighted by atomic mass is 10.1. The van der Waals surface area contributed by atoms with Gasteiger partial charge in [-0.05, 0) is 30.5 Å². The summed E-state index contributed by atoms with van der Waals surface area (Å²) in [6, 6.07) is 9.92. The molecule has 3 rings (SSSR count). The molecule has 124 valence electrons. The number of benzene rings is 1. The molecule has 7 heteroatoms. The molecule has 3 aromatic rings. The average molecular weight is 345 g/mol. The number of anilines is 1. The fourth-order valence-electron chi connectivity index (χ4n) is 2.32. The Kier molecular flexibility index (Phi) is 4.73. The summed E-state index contributed by atoms with van der Waals surface area (Å²) < 4.78 is 15.4. The second-order valence-electron chi connectivity index (χ2n) is 5.28. The van der Waals surface area contributed by atoms with Gasteiger partial charge >= 0.3 is 0 Å². The van der Waals surface area contributed by atoms with E-state index in [0.717, 1.165) is 10.4 Å². The second kappa shape index (κ2) is 6.94. The molecule has 5 nitrogen and oxygen atoms in total. The third-order valence-corrected chi connectivity index (χ3v) is 4.37. The van der Waals surface area contributed by atoms with Crippen LogP contribution in [0, 0.1) is 12.7 Å². The summed E-state index contributed by atoms with van der Waals surface area (Å²) in [4.78, 5) is 13.3. The van der Waals surface area contributed by atoms with Gasteiger partial charge in [0, 0.05) is 6.07 Å². The van der Waals surface area contributed by atoms with E-state index in [0.29, 0.717) is 11.5 Å². The van der Waals surface area contributed by atoms with Crippen LogP contribution < -0.4 is 5.32 Å². The monoisotopic (exact) mass is 345 g/mol. The van der Waals surface area contributed by atoms with Gasteiger partial charge in [-0.25, -0.2) is 9.07 Å². The first kappa shape index (κ1) is 16.4. The van der Waals surface area contributed by atoms with Crippen LogP contribution >= 0.6 is 11.3 Å². The first-order valence-corrected chi connectivity index (χ1v) is 8.26. The smallest absolute Gasteiger partial charge is 0.259 e. The number of aryl methyl sites for hydroxylation is 1. The Labute approximate surface area is 142 Å². The predicted octanol–water partition coefficient (Wildman–Crippen LogP) is 3.30. The summed E-state index contributed by atoms with van der Waals surface area (Å²) >= 11 is 1.52. The maximum Gasteiger partial charge on any atom is 0.259 e. The van der Waals surface area contributed by atoms with Gasteiger partial charge in [0.2, 0.25) is 0 Å². The lowest BCUT2D eigenvalue weighted by Crippen LogP contribution is -2.18. The highest BCUT2D eigenvalue weighted by atomic mass is 32.1. The van der Waals surface area contributed by atoms with E-state index in [-0.39, 0.29) is 18.7 Å². The van der Waals surface area contributed by atoms with Crippen molar-refractivity contribution >= 4 is 23.1 Å². The molecule has 0 spiro atoms. The van der Waals surface area contributed by atoms with Crippen molar-refractivity contribution in [2.75, 3.05) is 11.9 Å². The molecule has 0 saturated heterocycles. The Hall–Kier alpha value is -2.51. The fourth-order valence-corrected chi connectivity index (χ4v) is 3.01. The van der Waals surface area contributed by atoms with Gasteiger partial charge in [0.1, 0.15) is 17.3 Å². The minimum atomic E-state index is -0.579. The van der Waals surface area contributed by atoms with Crippen molar-refractivity contribution < 1.29 is 14.3 Å². The maximum atomic E-state index is 13.9. The first-order chi connectivity index (χ1) is 11.6. The number of hydrogen-bond donors (Lipinski definition) is 2. The van der Waals surface area contributed by atoms with Gasteiger partial charge in [0.15, 0.2) is 0 Å². The molecule has 2 heterocycles. The van der Waals surface area contributed by atoms with Gasteiger partial charge in [-0.15, -0.1) is 11.3 Å². The van der Waals surface area contributed by atoms with Crippen molar-refractivity contribution in [1.29, 1.82) is 0 Å². The van der Waals surface area contributed by atoms with Crippen molar-refractivity contribution in [3.05, 3.63) is 58.7 Å². The van der Waals surface area contributed by atoms with E-state index >= 15 is 0 Å². The Bertz CT molecular complexity index is 859. The van der Waals surface area contributed by atoms with Crippen LogP contribution in [0.1, 0.15) is 15.9 Å². The van der Waals surface area contributed by atoms with E-state index in [2.05, 4.69) is 10.4 Å². The number of nitrogens with one attached hydrogen (secondary N) is 1. The second-order valence-corrected chi connectivity index (χ2v) is 6.22. The zero-order chi connectivity index (χ0) is 17.1. The molecule has 0 fully saturated rings. The van der Waals surface area contributed by atoms with Crippen molar-refractivity contribution in [1.82, 2.24) is 9.78 Å². The standard InChI is InChI=1S/C17H16FN3O2S/c1-11-4-5-13(18)12(9-11)17(23)19-16-10-14(15-3-2-8-24-15)20-21(16)6-7-22/h2-5,8-10,22H,6-7H2,1H3,(H,19,23). The average Bonchev–Trinajstić information content (AvgIpc) is 3.20. The molecule has 0 radical (unpaired) electrons. The number of carbonyl (C=O) groups is 1. The highest BCUT2D eigenvalue weighted by Gasteiger charge is 2.16. The Balaban J connectivity index is 1.91.